The second-order valence-corrected chi connectivity index (χ2v) is 7.29. The molecular formula is C24H26N4O5. The van der Waals surface area contributed by atoms with E-state index in [2.05, 4.69) is 20.5 Å². The largest absolute Gasteiger partial charge is 0.481 e. The van der Waals surface area contributed by atoms with E-state index in [1.807, 2.05) is 31.2 Å². The van der Waals surface area contributed by atoms with Gasteiger partial charge < -0.3 is 15.2 Å². The van der Waals surface area contributed by atoms with Crippen molar-refractivity contribution in [1.29, 1.82) is 0 Å². The Hall–Kier alpha value is -4.14. The van der Waals surface area contributed by atoms with Gasteiger partial charge in [-0.05, 0) is 55.2 Å². The van der Waals surface area contributed by atoms with Gasteiger partial charge in [-0.2, -0.15) is 10.1 Å². The SMILES string of the molecule is CCc1ccccc1N/C=C1/C(=O)N(c2ccc(NC(=O)OC)cc2)N=C1CCCC(=O)O. The van der Waals surface area contributed by atoms with E-state index >= 15 is 0 Å². The Morgan fingerprint density at radius 2 is 1.88 bits per heavy atom. The first-order chi connectivity index (χ1) is 15.9. The molecule has 0 fully saturated rings. The number of aliphatic carboxylic acids is 1. The van der Waals surface area contributed by atoms with Crippen molar-refractivity contribution in [3.8, 4) is 0 Å². The molecule has 1 heterocycles. The molecule has 0 saturated heterocycles. The van der Waals surface area contributed by atoms with Crippen molar-refractivity contribution in [2.45, 2.75) is 32.6 Å². The van der Waals surface area contributed by atoms with Gasteiger partial charge in [0.1, 0.15) is 0 Å². The molecule has 0 bridgehead atoms. The number of ether oxygens (including phenoxy) is 1. The van der Waals surface area contributed by atoms with Gasteiger partial charge in [-0.3, -0.25) is 14.9 Å². The van der Waals surface area contributed by atoms with Crippen LogP contribution in [0.2, 0.25) is 0 Å². The predicted molar refractivity (Wildman–Crippen MR) is 126 cm³/mol. The van der Waals surface area contributed by atoms with E-state index in [0.29, 0.717) is 35.5 Å². The fraction of sp³-hybridized carbons (Fsp3) is 0.250. The lowest BCUT2D eigenvalue weighted by Crippen LogP contribution is -2.22. The van der Waals surface area contributed by atoms with E-state index in [1.54, 1.807) is 30.5 Å². The number of carboxylic acids is 1. The van der Waals surface area contributed by atoms with Crippen molar-refractivity contribution >= 4 is 40.7 Å². The van der Waals surface area contributed by atoms with Crippen molar-refractivity contribution in [1.82, 2.24) is 0 Å². The summed E-state index contributed by atoms with van der Waals surface area (Å²) in [5.74, 6) is -1.22. The number of carbonyl (C=O) groups excluding carboxylic acids is 2. The summed E-state index contributed by atoms with van der Waals surface area (Å²) in [6.45, 7) is 2.05. The van der Waals surface area contributed by atoms with Crippen molar-refractivity contribution in [3.63, 3.8) is 0 Å². The monoisotopic (exact) mass is 450 g/mol. The Kier molecular flexibility index (Phi) is 7.80. The number of carboxylic acid groups (broad SMARTS) is 1. The first-order valence-corrected chi connectivity index (χ1v) is 10.6. The van der Waals surface area contributed by atoms with Gasteiger partial charge in [-0.15, -0.1) is 0 Å². The van der Waals surface area contributed by atoms with E-state index in [9.17, 15) is 14.4 Å². The van der Waals surface area contributed by atoms with Crippen molar-refractivity contribution < 1.29 is 24.2 Å². The zero-order valence-electron chi connectivity index (χ0n) is 18.5. The fourth-order valence-corrected chi connectivity index (χ4v) is 3.34. The Morgan fingerprint density at radius 1 is 1.15 bits per heavy atom. The summed E-state index contributed by atoms with van der Waals surface area (Å²) in [6, 6.07) is 14.4. The quantitative estimate of drug-likeness (QED) is 0.488. The molecule has 0 spiro atoms. The molecule has 9 nitrogen and oxygen atoms in total. The molecule has 0 aliphatic carbocycles. The molecule has 1 aliphatic heterocycles. The van der Waals surface area contributed by atoms with Gasteiger partial charge in [0, 0.05) is 24.0 Å². The molecule has 1 aliphatic rings. The average molecular weight is 450 g/mol. The van der Waals surface area contributed by atoms with E-state index in [0.717, 1.165) is 17.7 Å². The average Bonchev–Trinajstić information content (AvgIpc) is 3.13. The van der Waals surface area contributed by atoms with Crippen molar-refractivity contribution in [2.24, 2.45) is 5.10 Å². The molecule has 3 N–H and O–H groups in total. The Labute approximate surface area is 191 Å². The highest BCUT2D eigenvalue weighted by Crippen LogP contribution is 2.27. The summed E-state index contributed by atoms with van der Waals surface area (Å²) in [4.78, 5) is 35.5. The number of nitrogens with one attached hydrogen (secondary N) is 2. The van der Waals surface area contributed by atoms with E-state index in [1.165, 1.54) is 12.1 Å². The lowest BCUT2D eigenvalue weighted by atomic mass is 10.1. The van der Waals surface area contributed by atoms with Gasteiger partial charge in [-0.1, -0.05) is 25.1 Å². The topological polar surface area (TPSA) is 120 Å². The van der Waals surface area contributed by atoms with Crippen LogP contribution in [0.5, 0.6) is 0 Å². The van der Waals surface area contributed by atoms with Gasteiger partial charge in [0.05, 0.1) is 24.1 Å². The highest BCUT2D eigenvalue weighted by atomic mass is 16.5. The van der Waals surface area contributed by atoms with Crippen LogP contribution in [0, 0.1) is 0 Å². The van der Waals surface area contributed by atoms with Crippen LogP contribution in [0.25, 0.3) is 0 Å². The number of amides is 2. The summed E-state index contributed by atoms with van der Waals surface area (Å²) in [6.07, 6.45) is 2.56. The van der Waals surface area contributed by atoms with Crippen LogP contribution in [-0.2, 0) is 20.7 Å². The molecule has 33 heavy (non-hydrogen) atoms. The highest BCUT2D eigenvalue weighted by molar-refractivity contribution is 6.30. The molecule has 0 unspecified atom stereocenters. The van der Waals surface area contributed by atoms with Crippen LogP contribution in [-0.4, -0.2) is 35.9 Å². The van der Waals surface area contributed by atoms with E-state index < -0.39 is 12.1 Å². The van der Waals surface area contributed by atoms with Crippen molar-refractivity contribution in [2.75, 3.05) is 22.8 Å². The van der Waals surface area contributed by atoms with Gasteiger partial charge in [0.15, 0.2) is 0 Å². The maximum Gasteiger partial charge on any atom is 0.411 e. The number of hydrogen-bond donors (Lipinski definition) is 3. The van der Waals surface area contributed by atoms with Gasteiger partial charge in [-0.25, -0.2) is 4.79 Å². The molecule has 2 amide bonds. The molecule has 2 aromatic carbocycles. The minimum atomic E-state index is -0.897. The third-order valence-electron chi connectivity index (χ3n) is 5.07. The summed E-state index contributed by atoms with van der Waals surface area (Å²) in [7, 11) is 1.27. The summed E-state index contributed by atoms with van der Waals surface area (Å²) in [5.41, 5.74) is 3.92. The molecular weight excluding hydrogens is 424 g/mol. The lowest BCUT2D eigenvalue weighted by Gasteiger charge is -2.13. The molecule has 0 saturated carbocycles. The minimum Gasteiger partial charge on any atom is -0.481 e. The molecule has 3 rings (SSSR count). The fourth-order valence-electron chi connectivity index (χ4n) is 3.34. The van der Waals surface area contributed by atoms with Crippen LogP contribution < -0.4 is 15.6 Å². The number of hydrazone groups is 1. The number of rotatable bonds is 9. The molecule has 172 valence electrons. The first kappa shape index (κ1) is 23.5. The number of anilines is 3. The normalized spacial score (nSPS) is 14.2. The number of aryl methyl sites for hydroxylation is 1. The number of benzene rings is 2. The molecule has 0 radical (unpaired) electrons. The predicted octanol–water partition coefficient (Wildman–Crippen LogP) is 4.38. The first-order valence-electron chi connectivity index (χ1n) is 10.6. The molecule has 0 aromatic heterocycles. The number of methoxy groups -OCH3 is 1. The second-order valence-electron chi connectivity index (χ2n) is 7.29. The van der Waals surface area contributed by atoms with E-state index in [4.69, 9.17) is 5.11 Å². The van der Waals surface area contributed by atoms with Crippen molar-refractivity contribution in [3.05, 3.63) is 65.9 Å². The number of para-hydroxylation sites is 1. The summed E-state index contributed by atoms with van der Waals surface area (Å²) < 4.78 is 4.57. The van der Waals surface area contributed by atoms with Gasteiger partial charge in [0.25, 0.3) is 5.91 Å². The number of hydrogen-bond acceptors (Lipinski definition) is 6. The summed E-state index contributed by atoms with van der Waals surface area (Å²) >= 11 is 0. The lowest BCUT2D eigenvalue weighted by molar-refractivity contribution is -0.137. The van der Waals surface area contributed by atoms with Crippen LogP contribution in [0.1, 0.15) is 31.7 Å². The van der Waals surface area contributed by atoms with Crippen LogP contribution in [0.4, 0.5) is 21.9 Å². The zero-order chi connectivity index (χ0) is 23.8. The standard InChI is InChI=1S/C24H26N4O5/c1-3-16-7-4-5-8-20(16)25-15-19-21(9-6-10-22(29)30)27-28(23(19)31)18-13-11-17(12-14-18)26-24(32)33-2/h4-5,7-8,11-15,25H,3,6,9-10H2,1-2H3,(H,26,32)(H,29,30)/b19-15+. The number of nitrogens with zero attached hydrogens (tertiary/aromatic N) is 2. The van der Waals surface area contributed by atoms with Crippen LogP contribution >= 0.6 is 0 Å². The Morgan fingerprint density at radius 3 is 2.55 bits per heavy atom. The minimum absolute atomic E-state index is 0.0134. The van der Waals surface area contributed by atoms with Gasteiger partial charge in [0.2, 0.25) is 0 Å². The highest BCUT2D eigenvalue weighted by Gasteiger charge is 2.31. The van der Waals surface area contributed by atoms with Crippen LogP contribution in [0.3, 0.4) is 0 Å². The summed E-state index contributed by atoms with van der Waals surface area (Å²) in [5, 5.41) is 20.5. The molecule has 9 heteroatoms. The van der Waals surface area contributed by atoms with Crippen LogP contribution in [0.15, 0.2) is 65.4 Å². The molecule has 2 aromatic rings. The number of carbonyl (C=O) groups is 3. The third-order valence-corrected chi connectivity index (χ3v) is 5.07. The molecule has 0 atom stereocenters. The van der Waals surface area contributed by atoms with E-state index in [-0.39, 0.29) is 12.3 Å². The Bertz CT molecular complexity index is 1090. The maximum absolute atomic E-state index is 13.2. The smallest absolute Gasteiger partial charge is 0.411 e. The Balaban J connectivity index is 1.84. The van der Waals surface area contributed by atoms with Gasteiger partial charge >= 0.3 is 12.1 Å². The zero-order valence-corrected chi connectivity index (χ0v) is 18.5. The third kappa shape index (κ3) is 5.97. The maximum atomic E-state index is 13.2. The second kappa shape index (κ2) is 10.9.